The topological polar surface area (TPSA) is 34.1 Å². The first-order chi connectivity index (χ1) is 9.83. The van der Waals surface area contributed by atoms with Gasteiger partial charge in [-0.05, 0) is 29.8 Å². The number of hydrogen-bond acceptors (Lipinski definition) is 3. The molecule has 0 radical (unpaired) electrons. The molecule has 0 unspecified atom stereocenters. The molecule has 0 aliphatic heterocycles. The lowest BCUT2D eigenvalue weighted by Crippen LogP contribution is -2.22. The van der Waals surface area contributed by atoms with Gasteiger partial charge in [0.2, 0.25) is 9.84 Å². The Bertz CT molecular complexity index is 699. The number of halogens is 3. The van der Waals surface area contributed by atoms with Crippen LogP contribution in [-0.2, 0) is 15.6 Å². The van der Waals surface area contributed by atoms with Crippen molar-refractivity contribution in [1.29, 1.82) is 0 Å². The van der Waals surface area contributed by atoms with Gasteiger partial charge in [-0.15, -0.1) is 11.8 Å². The minimum Gasteiger partial charge on any atom is -0.220 e. The maximum absolute atomic E-state index is 12.5. The molecule has 0 heterocycles. The second kappa shape index (κ2) is 6.80. The fraction of sp³-hybridized carbons (Fsp3) is 0.143. The van der Waals surface area contributed by atoms with Crippen LogP contribution in [0.3, 0.4) is 0 Å². The number of thioether (sulfide) groups is 1. The Hall–Kier alpha value is -0.390. The van der Waals surface area contributed by atoms with E-state index in [-0.39, 0.29) is 4.90 Å². The Morgan fingerprint density at radius 3 is 2.10 bits per heavy atom. The highest BCUT2D eigenvalue weighted by atomic mass is 35.5. The zero-order valence-corrected chi connectivity index (χ0v) is 14.6. The summed E-state index contributed by atoms with van der Waals surface area (Å²) < 4.78 is 23.0. The van der Waals surface area contributed by atoms with Gasteiger partial charge in [0.25, 0.3) is 3.00 Å². The van der Waals surface area contributed by atoms with E-state index in [1.54, 1.807) is 0 Å². The van der Waals surface area contributed by atoms with Gasteiger partial charge in [-0.1, -0.05) is 65.1 Å². The summed E-state index contributed by atoms with van der Waals surface area (Å²) in [6.07, 6.45) is 0. The largest absolute Gasteiger partial charge is 0.269 e. The highest BCUT2D eigenvalue weighted by Crippen LogP contribution is 2.45. The monoisotopic (exact) mass is 380 g/mol. The number of rotatable bonds is 5. The molecule has 0 aromatic heterocycles. The van der Waals surface area contributed by atoms with Crippen LogP contribution in [0.5, 0.6) is 0 Å². The second-order valence-electron chi connectivity index (χ2n) is 4.19. The quantitative estimate of drug-likeness (QED) is 0.673. The minimum absolute atomic E-state index is 0.0393. The lowest BCUT2D eigenvalue weighted by Gasteiger charge is -2.19. The van der Waals surface area contributed by atoms with Crippen LogP contribution in [0.25, 0.3) is 0 Å². The van der Waals surface area contributed by atoms with Crippen molar-refractivity contribution in [3.8, 4) is 0 Å². The third-order valence-corrected chi connectivity index (χ3v) is 8.16. The van der Waals surface area contributed by atoms with Gasteiger partial charge in [0.15, 0.2) is 0 Å². The van der Waals surface area contributed by atoms with Gasteiger partial charge in [-0.25, -0.2) is 8.42 Å². The van der Waals surface area contributed by atoms with Crippen LogP contribution >= 0.6 is 46.6 Å². The third-order valence-electron chi connectivity index (χ3n) is 2.69. The molecule has 21 heavy (non-hydrogen) atoms. The maximum atomic E-state index is 12.5. The Balaban J connectivity index is 2.19. The molecule has 0 spiro atoms. The van der Waals surface area contributed by atoms with Crippen LogP contribution in [0.1, 0.15) is 5.56 Å². The van der Waals surface area contributed by atoms with Gasteiger partial charge in [0.05, 0.1) is 4.90 Å². The smallest absolute Gasteiger partial charge is 0.220 e. The molecule has 0 atom stereocenters. The van der Waals surface area contributed by atoms with Gasteiger partial charge < -0.3 is 0 Å². The van der Waals surface area contributed by atoms with E-state index in [0.717, 1.165) is 17.3 Å². The van der Waals surface area contributed by atoms with Gasteiger partial charge in [0.1, 0.15) is 0 Å². The molecule has 0 fully saturated rings. The molecule has 112 valence electrons. The Labute approximate surface area is 143 Å². The standard InChI is InChI=1S/C14H11Cl3O2S2/c15-12-6-8-13(9-7-12)21(18,19)14(16,17)20-10-11-4-2-1-3-5-11/h1-9H,10H2. The van der Waals surface area contributed by atoms with Crippen molar-refractivity contribution in [3.05, 3.63) is 65.2 Å². The van der Waals surface area contributed by atoms with Crippen molar-refractivity contribution in [3.63, 3.8) is 0 Å². The molecule has 0 aliphatic rings. The third kappa shape index (κ3) is 4.08. The van der Waals surface area contributed by atoms with Gasteiger partial charge in [-0.3, -0.25) is 0 Å². The molecule has 2 aromatic rings. The summed E-state index contributed by atoms with van der Waals surface area (Å²) in [7, 11) is -3.89. The zero-order chi connectivity index (χ0) is 15.5. The second-order valence-corrected chi connectivity index (χ2v) is 10.4. The Kier molecular flexibility index (Phi) is 5.49. The van der Waals surface area contributed by atoms with Crippen molar-refractivity contribution < 1.29 is 8.42 Å². The van der Waals surface area contributed by atoms with Crippen LogP contribution in [0.4, 0.5) is 0 Å². The minimum atomic E-state index is -3.89. The summed E-state index contributed by atoms with van der Waals surface area (Å²) in [5, 5.41) is 0.445. The van der Waals surface area contributed by atoms with Crippen molar-refractivity contribution in [2.75, 3.05) is 0 Å². The molecule has 0 amide bonds. The lowest BCUT2D eigenvalue weighted by molar-refractivity contribution is 0.597. The van der Waals surface area contributed by atoms with E-state index in [2.05, 4.69) is 0 Å². The fourth-order valence-corrected chi connectivity index (χ4v) is 4.94. The summed E-state index contributed by atoms with van der Waals surface area (Å²) in [6.45, 7) is 0. The number of sulfone groups is 1. The summed E-state index contributed by atoms with van der Waals surface area (Å²) in [5.74, 6) is 0.390. The number of alkyl halides is 2. The normalized spacial score (nSPS) is 12.3. The van der Waals surface area contributed by atoms with Crippen LogP contribution in [0.2, 0.25) is 5.02 Å². The SMILES string of the molecule is O=S(=O)(c1ccc(Cl)cc1)C(Cl)(Cl)SCc1ccccc1. The van der Waals surface area contributed by atoms with Gasteiger partial charge in [-0.2, -0.15) is 0 Å². The highest BCUT2D eigenvalue weighted by molar-refractivity contribution is 8.18. The Morgan fingerprint density at radius 1 is 0.952 bits per heavy atom. The molecule has 0 saturated heterocycles. The Morgan fingerprint density at radius 2 is 1.52 bits per heavy atom. The number of hydrogen-bond donors (Lipinski definition) is 0. The van der Waals surface area contributed by atoms with Crippen molar-refractivity contribution in [2.24, 2.45) is 0 Å². The van der Waals surface area contributed by atoms with Crippen LogP contribution in [-0.4, -0.2) is 11.4 Å². The van der Waals surface area contributed by atoms with Gasteiger partial charge in [0, 0.05) is 10.8 Å². The van der Waals surface area contributed by atoms with Crippen LogP contribution in [0, 0.1) is 0 Å². The average Bonchev–Trinajstić information content (AvgIpc) is 2.46. The van der Waals surface area contributed by atoms with Crippen molar-refractivity contribution in [2.45, 2.75) is 13.6 Å². The molecule has 0 saturated carbocycles. The first kappa shape index (κ1) is 17.0. The average molecular weight is 382 g/mol. The molecular weight excluding hydrogens is 371 g/mol. The molecule has 0 bridgehead atoms. The van der Waals surface area contributed by atoms with E-state index < -0.39 is 12.8 Å². The summed E-state index contributed by atoms with van der Waals surface area (Å²) in [4.78, 5) is 0.0393. The lowest BCUT2D eigenvalue weighted by atomic mass is 10.2. The van der Waals surface area contributed by atoms with E-state index in [1.165, 1.54) is 24.3 Å². The molecule has 7 heteroatoms. The van der Waals surface area contributed by atoms with E-state index >= 15 is 0 Å². The first-order valence-electron chi connectivity index (χ1n) is 5.89. The van der Waals surface area contributed by atoms with Crippen molar-refractivity contribution >= 4 is 56.4 Å². The maximum Gasteiger partial charge on any atom is 0.269 e. The van der Waals surface area contributed by atoms with Gasteiger partial charge >= 0.3 is 0 Å². The van der Waals surface area contributed by atoms with E-state index in [4.69, 9.17) is 34.8 Å². The molecule has 0 N–H and O–H groups in total. The van der Waals surface area contributed by atoms with Crippen LogP contribution in [0.15, 0.2) is 59.5 Å². The van der Waals surface area contributed by atoms with Crippen LogP contribution < -0.4 is 0 Å². The summed E-state index contributed by atoms with van der Waals surface area (Å²) in [5.41, 5.74) is 0.944. The van der Waals surface area contributed by atoms with Crippen molar-refractivity contribution in [1.82, 2.24) is 0 Å². The molecule has 2 rings (SSSR count). The predicted octanol–water partition coefficient (Wildman–Crippen LogP) is 5.14. The summed E-state index contributed by atoms with van der Waals surface area (Å²) >= 11 is 18.8. The van der Waals surface area contributed by atoms with E-state index in [9.17, 15) is 8.42 Å². The summed E-state index contributed by atoms with van der Waals surface area (Å²) in [6, 6.07) is 15.1. The molecule has 2 nitrogen and oxygen atoms in total. The fourth-order valence-electron chi connectivity index (χ4n) is 1.57. The first-order valence-corrected chi connectivity index (χ1v) is 9.49. The molecule has 0 aliphatic carbocycles. The zero-order valence-electron chi connectivity index (χ0n) is 10.7. The molecular formula is C14H11Cl3O2S2. The predicted molar refractivity (Wildman–Crippen MR) is 90.8 cm³/mol. The molecule has 2 aromatic carbocycles. The van der Waals surface area contributed by atoms with E-state index in [0.29, 0.717) is 10.8 Å². The number of benzene rings is 2. The van der Waals surface area contributed by atoms with E-state index in [1.807, 2.05) is 30.3 Å². The highest BCUT2D eigenvalue weighted by Gasteiger charge is 2.41.